The fourth-order valence-electron chi connectivity index (χ4n) is 4.53. The molecule has 2 aliphatic rings. The molecule has 3 aromatic heterocycles. The summed E-state index contributed by atoms with van der Waals surface area (Å²) in [6.07, 6.45) is 6.74. The number of likely N-dealkylation sites (tertiary alicyclic amines) is 1. The Bertz CT molecular complexity index is 1110. The van der Waals surface area contributed by atoms with E-state index in [1.54, 1.807) is 23.0 Å². The lowest BCUT2D eigenvalue weighted by Crippen LogP contribution is -2.45. The maximum atomic E-state index is 12.9. The minimum Gasteiger partial charge on any atom is -0.369 e. The molecule has 0 unspecified atom stereocenters. The number of pyridine rings is 1. The van der Waals surface area contributed by atoms with Gasteiger partial charge in [-0.05, 0) is 43.9 Å². The minimum absolute atomic E-state index is 0.0325. The molecule has 1 aliphatic heterocycles. The number of anilines is 1. The molecule has 4 heterocycles. The van der Waals surface area contributed by atoms with Crippen LogP contribution < -0.4 is 11.3 Å². The number of amides is 1. The normalized spacial score (nSPS) is 18.1. The molecular formula is C19H20N6O2. The second-order valence-corrected chi connectivity index (χ2v) is 7.47. The van der Waals surface area contributed by atoms with Crippen LogP contribution in [-0.2, 0) is 11.8 Å². The average molecular weight is 364 g/mol. The van der Waals surface area contributed by atoms with Crippen molar-refractivity contribution < 1.29 is 4.79 Å². The second kappa shape index (κ2) is 5.67. The van der Waals surface area contributed by atoms with Crippen LogP contribution >= 0.6 is 0 Å². The number of aromatic amines is 1. The summed E-state index contributed by atoms with van der Waals surface area (Å²) in [5, 5.41) is 4.16. The van der Waals surface area contributed by atoms with E-state index in [0.29, 0.717) is 18.7 Å². The summed E-state index contributed by atoms with van der Waals surface area (Å²) in [5.74, 6) is 0.206. The predicted octanol–water partition coefficient (Wildman–Crippen LogP) is 1.12. The molecule has 0 radical (unpaired) electrons. The van der Waals surface area contributed by atoms with Crippen molar-refractivity contribution in [1.29, 1.82) is 0 Å². The molecule has 3 aromatic rings. The van der Waals surface area contributed by atoms with Gasteiger partial charge in [0.2, 0.25) is 5.95 Å². The number of nitrogens with one attached hydrogen (secondary N) is 1. The molecule has 27 heavy (non-hydrogen) atoms. The zero-order valence-electron chi connectivity index (χ0n) is 14.8. The maximum Gasteiger partial charge on any atom is 0.255 e. The fourth-order valence-corrected chi connectivity index (χ4v) is 4.53. The van der Waals surface area contributed by atoms with Gasteiger partial charge in [-0.2, -0.15) is 5.10 Å². The first-order valence-corrected chi connectivity index (χ1v) is 9.18. The van der Waals surface area contributed by atoms with Gasteiger partial charge in [0.15, 0.2) is 0 Å². The third kappa shape index (κ3) is 2.43. The summed E-state index contributed by atoms with van der Waals surface area (Å²) in [6, 6.07) is 5.55. The highest BCUT2D eigenvalue weighted by Gasteiger charge is 2.44. The average Bonchev–Trinajstić information content (AvgIpc) is 3.27. The Hall–Kier alpha value is -3.16. The van der Waals surface area contributed by atoms with E-state index in [-0.39, 0.29) is 22.8 Å². The molecule has 3 N–H and O–H groups in total. The molecule has 0 aromatic carbocycles. The van der Waals surface area contributed by atoms with Gasteiger partial charge in [0.25, 0.3) is 11.5 Å². The number of nitrogen functional groups attached to an aromatic ring is 1. The molecule has 0 bridgehead atoms. The molecule has 1 spiro atoms. The summed E-state index contributed by atoms with van der Waals surface area (Å²) in [6.45, 7) is 1.30. The summed E-state index contributed by atoms with van der Waals surface area (Å²) in [7, 11) is 0. The van der Waals surface area contributed by atoms with Gasteiger partial charge in [-0.1, -0.05) is 0 Å². The van der Waals surface area contributed by atoms with Gasteiger partial charge < -0.3 is 10.6 Å². The van der Waals surface area contributed by atoms with Crippen LogP contribution in [0.3, 0.4) is 0 Å². The largest absolute Gasteiger partial charge is 0.369 e. The number of rotatable bonds is 1. The summed E-state index contributed by atoms with van der Waals surface area (Å²) in [5.41, 5.74) is 8.69. The Balaban J connectivity index is 1.38. The van der Waals surface area contributed by atoms with Gasteiger partial charge in [-0.25, -0.2) is 9.50 Å². The molecule has 1 saturated heterocycles. The highest BCUT2D eigenvalue weighted by atomic mass is 16.2. The zero-order valence-corrected chi connectivity index (χ0v) is 14.8. The zero-order chi connectivity index (χ0) is 18.6. The lowest BCUT2D eigenvalue weighted by molar-refractivity contribution is 0.0663. The van der Waals surface area contributed by atoms with Crippen LogP contribution in [0.5, 0.6) is 0 Å². The van der Waals surface area contributed by atoms with Crippen LogP contribution in [-0.4, -0.2) is 43.5 Å². The van der Waals surface area contributed by atoms with E-state index in [1.165, 1.54) is 0 Å². The van der Waals surface area contributed by atoms with Crippen molar-refractivity contribution in [2.75, 3.05) is 18.8 Å². The van der Waals surface area contributed by atoms with Crippen LogP contribution in [0.1, 0.15) is 40.9 Å². The van der Waals surface area contributed by atoms with Gasteiger partial charge in [0, 0.05) is 42.0 Å². The third-order valence-electron chi connectivity index (χ3n) is 6.04. The Morgan fingerprint density at radius 3 is 2.85 bits per heavy atom. The first-order valence-electron chi connectivity index (χ1n) is 9.18. The number of carbonyl (C=O) groups is 1. The van der Waals surface area contributed by atoms with E-state index in [0.717, 1.165) is 42.5 Å². The maximum absolute atomic E-state index is 12.9. The number of hydrogen-bond acceptors (Lipinski definition) is 5. The minimum atomic E-state index is -0.135. The Morgan fingerprint density at radius 1 is 1.22 bits per heavy atom. The van der Waals surface area contributed by atoms with Crippen LogP contribution in [0.25, 0.3) is 5.52 Å². The molecule has 1 aliphatic carbocycles. The summed E-state index contributed by atoms with van der Waals surface area (Å²) < 4.78 is 1.74. The first kappa shape index (κ1) is 16.0. The number of nitrogens with zero attached hydrogens (tertiary/aromatic N) is 4. The van der Waals surface area contributed by atoms with Crippen molar-refractivity contribution in [2.24, 2.45) is 0 Å². The Labute approximate surface area is 155 Å². The van der Waals surface area contributed by atoms with Gasteiger partial charge in [-0.15, -0.1) is 0 Å². The summed E-state index contributed by atoms with van der Waals surface area (Å²) >= 11 is 0. The monoisotopic (exact) mass is 364 g/mol. The smallest absolute Gasteiger partial charge is 0.255 e. The van der Waals surface area contributed by atoms with Crippen molar-refractivity contribution in [2.45, 2.75) is 31.1 Å². The van der Waals surface area contributed by atoms with Crippen LogP contribution in [0, 0.1) is 0 Å². The summed E-state index contributed by atoms with van der Waals surface area (Å²) in [4.78, 5) is 34.0. The van der Waals surface area contributed by atoms with E-state index in [9.17, 15) is 9.59 Å². The predicted molar refractivity (Wildman–Crippen MR) is 99.6 cm³/mol. The highest BCUT2D eigenvalue weighted by Crippen LogP contribution is 2.44. The number of H-pyrrole nitrogens is 1. The molecular weight excluding hydrogens is 344 g/mol. The van der Waals surface area contributed by atoms with Crippen molar-refractivity contribution >= 4 is 17.4 Å². The number of piperidine rings is 1. The number of fused-ring (bicyclic) bond motifs is 3. The Kier molecular flexibility index (Phi) is 3.37. The molecule has 8 heteroatoms. The lowest BCUT2D eigenvalue weighted by atomic mass is 9.76. The standard InChI is InChI=1S/C19H20N6O2/c20-18-22-15-14(16(26)23-18)1-4-19(15)5-9-24(10-6-19)17(27)12-3-8-25-13(11-12)2-7-21-25/h2-3,7-8,11H,1,4-6,9-10H2,(H3,20,22,23,26). The van der Waals surface area contributed by atoms with Gasteiger partial charge >= 0.3 is 0 Å². The molecule has 0 atom stereocenters. The van der Waals surface area contributed by atoms with E-state index in [4.69, 9.17) is 5.73 Å². The molecule has 0 saturated carbocycles. The third-order valence-corrected chi connectivity index (χ3v) is 6.04. The highest BCUT2D eigenvalue weighted by molar-refractivity contribution is 5.95. The van der Waals surface area contributed by atoms with Crippen molar-refractivity contribution in [3.8, 4) is 0 Å². The number of aromatic nitrogens is 4. The fraction of sp³-hybridized carbons (Fsp3) is 0.368. The van der Waals surface area contributed by atoms with Crippen LogP contribution in [0.2, 0.25) is 0 Å². The van der Waals surface area contributed by atoms with Crippen LogP contribution in [0.15, 0.2) is 35.4 Å². The molecule has 1 fully saturated rings. The lowest BCUT2D eigenvalue weighted by Gasteiger charge is -2.39. The molecule has 5 rings (SSSR count). The first-order chi connectivity index (χ1) is 13.1. The van der Waals surface area contributed by atoms with E-state index in [1.807, 2.05) is 17.0 Å². The number of nitrogens with two attached hydrogens (primary N) is 1. The van der Waals surface area contributed by atoms with Crippen LogP contribution in [0.4, 0.5) is 5.95 Å². The SMILES string of the molecule is Nc1nc2c(c(=O)[nH]1)CCC21CCN(C(=O)c2ccn3nccc3c2)CC1. The molecule has 138 valence electrons. The van der Waals surface area contributed by atoms with Crippen molar-refractivity contribution in [3.05, 3.63) is 57.8 Å². The quantitative estimate of drug-likeness (QED) is 0.672. The Morgan fingerprint density at radius 2 is 2.04 bits per heavy atom. The van der Waals surface area contributed by atoms with Crippen molar-refractivity contribution in [3.63, 3.8) is 0 Å². The van der Waals surface area contributed by atoms with E-state index in [2.05, 4.69) is 15.1 Å². The number of carbonyl (C=O) groups excluding carboxylic acids is 1. The van der Waals surface area contributed by atoms with E-state index >= 15 is 0 Å². The second-order valence-electron chi connectivity index (χ2n) is 7.47. The number of hydrogen-bond donors (Lipinski definition) is 2. The van der Waals surface area contributed by atoms with Gasteiger partial charge in [0.05, 0.1) is 11.2 Å². The van der Waals surface area contributed by atoms with Gasteiger partial charge in [-0.3, -0.25) is 14.6 Å². The van der Waals surface area contributed by atoms with Crippen molar-refractivity contribution in [1.82, 2.24) is 24.5 Å². The molecule has 1 amide bonds. The molecule has 8 nitrogen and oxygen atoms in total. The topological polar surface area (TPSA) is 109 Å². The van der Waals surface area contributed by atoms with E-state index < -0.39 is 0 Å². The van der Waals surface area contributed by atoms with Gasteiger partial charge in [0.1, 0.15) is 0 Å².